The summed E-state index contributed by atoms with van der Waals surface area (Å²) in [6.45, 7) is 4.98. The predicted octanol–water partition coefficient (Wildman–Crippen LogP) is 2.42. The molecule has 0 aliphatic rings. The number of rotatable bonds is 8. The molecule has 1 aromatic rings. The van der Waals surface area contributed by atoms with Gasteiger partial charge in [0, 0.05) is 19.1 Å². The van der Waals surface area contributed by atoms with E-state index in [2.05, 4.69) is 18.6 Å². The summed E-state index contributed by atoms with van der Waals surface area (Å²) in [7, 11) is -1.86. The van der Waals surface area contributed by atoms with Gasteiger partial charge < -0.3 is 4.74 Å². The molecule has 1 rings (SSSR count). The minimum Gasteiger partial charge on any atom is -0.383 e. The Bertz CT molecular complexity index is 519. The van der Waals surface area contributed by atoms with Gasteiger partial charge in [-0.1, -0.05) is 38.1 Å². The molecular weight excluding hydrogens is 274 g/mol. The summed E-state index contributed by atoms with van der Waals surface area (Å²) in [6, 6.07) is 7.92. The smallest absolute Gasteiger partial charge is 0.233 e. The molecule has 0 radical (unpaired) electrons. The molecule has 0 bridgehead atoms. The number of benzene rings is 1. The van der Waals surface area contributed by atoms with Gasteiger partial charge in [0.2, 0.25) is 10.0 Å². The van der Waals surface area contributed by atoms with Crippen molar-refractivity contribution in [2.45, 2.75) is 20.3 Å². The van der Waals surface area contributed by atoms with Crippen LogP contribution in [0.15, 0.2) is 29.7 Å². The van der Waals surface area contributed by atoms with E-state index in [-0.39, 0.29) is 6.54 Å². The van der Waals surface area contributed by atoms with Crippen molar-refractivity contribution in [3.8, 4) is 0 Å². The van der Waals surface area contributed by atoms with Gasteiger partial charge in [-0.25, -0.2) is 13.1 Å². The van der Waals surface area contributed by atoms with Gasteiger partial charge in [0.1, 0.15) is 0 Å². The first-order valence-electron chi connectivity index (χ1n) is 6.68. The van der Waals surface area contributed by atoms with Gasteiger partial charge in [-0.2, -0.15) is 0 Å². The van der Waals surface area contributed by atoms with E-state index < -0.39 is 10.0 Å². The van der Waals surface area contributed by atoms with E-state index >= 15 is 0 Å². The van der Waals surface area contributed by atoms with Crippen LogP contribution in [0.2, 0.25) is 0 Å². The van der Waals surface area contributed by atoms with E-state index in [0.29, 0.717) is 12.5 Å². The third-order valence-electron chi connectivity index (χ3n) is 2.67. The van der Waals surface area contributed by atoms with Crippen LogP contribution in [0.25, 0.3) is 6.08 Å². The van der Waals surface area contributed by atoms with E-state index in [1.807, 2.05) is 24.3 Å². The molecule has 0 amide bonds. The molecule has 1 aromatic carbocycles. The van der Waals surface area contributed by atoms with Gasteiger partial charge in [0.15, 0.2) is 0 Å². The Kier molecular flexibility index (Phi) is 6.91. The van der Waals surface area contributed by atoms with Crippen molar-refractivity contribution in [3.63, 3.8) is 0 Å². The summed E-state index contributed by atoms with van der Waals surface area (Å²) >= 11 is 0. The Morgan fingerprint density at radius 1 is 1.25 bits per heavy atom. The first kappa shape index (κ1) is 16.9. The van der Waals surface area contributed by atoms with Crippen LogP contribution in [0.5, 0.6) is 0 Å². The summed E-state index contributed by atoms with van der Waals surface area (Å²) in [5, 5.41) is 1.18. The molecule has 0 aromatic heterocycles. The number of methoxy groups -OCH3 is 1. The van der Waals surface area contributed by atoms with Crippen LogP contribution in [0.3, 0.4) is 0 Å². The molecule has 112 valence electrons. The molecule has 0 unspecified atom stereocenters. The van der Waals surface area contributed by atoms with Crippen LogP contribution in [-0.4, -0.2) is 28.7 Å². The Morgan fingerprint density at radius 3 is 2.45 bits per heavy atom. The van der Waals surface area contributed by atoms with Gasteiger partial charge in [0.05, 0.1) is 6.61 Å². The topological polar surface area (TPSA) is 55.4 Å². The van der Waals surface area contributed by atoms with Gasteiger partial charge in [-0.3, -0.25) is 0 Å². The number of nitrogens with one attached hydrogen (secondary N) is 1. The predicted molar refractivity (Wildman–Crippen MR) is 82.8 cm³/mol. The second-order valence-electron chi connectivity index (χ2n) is 5.07. The summed E-state index contributed by atoms with van der Waals surface area (Å²) in [5.74, 6) is 0.613. The van der Waals surface area contributed by atoms with Crippen LogP contribution < -0.4 is 4.72 Å². The lowest BCUT2D eigenvalue weighted by atomic mass is 10.0. The lowest BCUT2D eigenvalue weighted by Crippen LogP contribution is -2.24. The number of hydrogen-bond acceptors (Lipinski definition) is 3. The Labute approximate surface area is 121 Å². The highest BCUT2D eigenvalue weighted by Gasteiger charge is 2.03. The summed E-state index contributed by atoms with van der Waals surface area (Å²) in [6.07, 6.45) is 2.62. The average molecular weight is 297 g/mol. The maximum absolute atomic E-state index is 11.6. The van der Waals surface area contributed by atoms with E-state index in [0.717, 1.165) is 12.0 Å². The van der Waals surface area contributed by atoms with Crippen LogP contribution in [0.1, 0.15) is 25.0 Å². The third kappa shape index (κ3) is 6.84. The summed E-state index contributed by atoms with van der Waals surface area (Å²) in [4.78, 5) is 0. The number of ether oxygens (including phenoxy) is 1. The lowest BCUT2D eigenvalue weighted by Gasteiger charge is -2.05. The molecule has 4 nitrogen and oxygen atoms in total. The molecule has 0 saturated heterocycles. The first-order valence-corrected chi connectivity index (χ1v) is 8.23. The van der Waals surface area contributed by atoms with Crippen molar-refractivity contribution >= 4 is 16.1 Å². The molecule has 0 spiro atoms. The molecule has 5 heteroatoms. The molecule has 0 aliphatic carbocycles. The maximum atomic E-state index is 11.6. The molecule has 1 N–H and O–H groups in total. The van der Waals surface area contributed by atoms with Crippen molar-refractivity contribution < 1.29 is 13.2 Å². The fraction of sp³-hybridized carbons (Fsp3) is 0.467. The largest absolute Gasteiger partial charge is 0.383 e. The van der Waals surface area contributed by atoms with Crippen LogP contribution in [0.4, 0.5) is 0 Å². The minimum absolute atomic E-state index is 0.274. The molecular formula is C15H23NO3S. The van der Waals surface area contributed by atoms with Gasteiger partial charge in [-0.15, -0.1) is 0 Å². The van der Waals surface area contributed by atoms with Crippen molar-refractivity contribution in [1.82, 2.24) is 4.72 Å². The maximum Gasteiger partial charge on any atom is 0.233 e. The molecule has 0 saturated carbocycles. The lowest BCUT2D eigenvalue weighted by molar-refractivity contribution is 0.204. The second kappa shape index (κ2) is 8.19. The van der Waals surface area contributed by atoms with Crippen LogP contribution in [-0.2, 0) is 21.2 Å². The summed E-state index contributed by atoms with van der Waals surface area (Å²) < 4.78 is 30.5. The van der Waals surface area contributed by atoms with Crippen molar-refractivity contribution in [3.05, 3.63) is 40.8 Å². The highest BCUT2D eigenvalue weighted by atomic mass is 32.2. The van der Waals surface area contributed by atoms with E-state index in [1.54, 1.807) is 6.08 Å². The SMILES string of the molecule is COCCNS(=O)(=O)C=Cc1ccc(CC(C)C)cc1. The fourth-order valence-corrected chi connectivity index (χ4v) is 2.54. The Morgan fingerprint density at radius 2 is 1.90 bits per heavy atom. The molecule has 0 atom stereocenters. The quantitative estimate of drug-likeness (QED) is 0.750. The zero-order chi connectivity index (χ0) is 15.0. The van der Waals surface area contributed by atoms with Crippen molar-refractivity contribution in [2.24, 2.45) is 5.92 Å². The molecule has 0 heterocycles. The van der Waals surface area contributed by atoms with Crippen LogP contribution in [0, 0.1) is 5.92 Å². The van der Waals surface area contributed by atoms with Gasteiger partial charge in [-0.05, 0) is 29.5 Å². The number of hydrogen-bond donors (Lipinski definition) is 1. The normalized spacial score (nSPS) is 12.4. The minimum atomic E-state index is -3.39. The molecule has 0 fully saturated rings. The van der Waals surface area contributed by atoms with Crippen molar-refractivity contribution in [1.29, 1.82) is 0 Å². The standard InChI is InChI=1S/C15H23NO3S/c1-13(2)12-15-6-4-14(5-7-15)8-11-20(17,18)16-9-10-19-3/h4-8,11,13,16H,9-10,12H2,1-3H3. The highest BCUT2D eigenvalue weighted by molar-refractivity contribution is 7.92. The molecule has 20 heavy (non-hydrogen) atoms. The van der Waals surface area contributed by atoms with Crippen molar-refractivity contribution in [2.75, 3.05) is 20.3 Å². The van der Waals surface area contributed by atoms with Gasteiger partial charge >= 0.3 is 0 Å². The second-order valence-corrected chi connectivity index (χ2v) is 6.73. The highest BCUT2D eigenvalue weighted by Crippen LogP contribution is 2.11. The first-order chi connectivity index (χ1) is 9.43. The summed E-state index contributed by atoms with van der Waals surface area (Å²) in [5.41, 5.74) is 2.13. The van der Waals surface area contributed by atoms with E-state index in [9.17, 15) is 8.42 Å². The number of sulfonamides is 1. The zero-order valence-corrected chi connectivity index (χ0v) is 13.1. The Hall–Kier alpha value is -1.17. The third-order valence-corrected chi connectivity index (χ3v) is 3.77. The van der Waals surface area contributed by atoms with E-state index in [4.69, 9.17) is 4.74 Å². The monoisotopic (exact) mass is 297 g/mol. The van der Waals surface area contributed by atoms with E-state index in [1.165, 1.54) is 18.1 Å². The zero-order valence-electron chi connectivity index (χ0n) is 12.3. The molecule has 0 aliphatic heterocycles. The van der Waals surface area contributed by atoms with Crippen LogP contribution >= 0.6 is 0 Å². The average Bonchev–Trinajstić information content (AvgIpc) is 2.37. The fourth-order valence-electron chi connectivity index (χ4n) is 1.74. The Balaban J connectivity index is 2.61. The van der Waals surface area contributed by atoms with Gasteiger partial charge in [0.25, 0.3) is 0 Å².